The van der Waals surface area contributed by atoms with Crippen LogP contribution in [-0.4, -0.2) is 50.1 Å². The normalized spacial score (nSPS) is 15.0. The number of carbonyl (C=O) groups excluding carboxylic acids is 3. The molecule has 1 atom stereocenters. The molecule has 0 fully saturated rings. The predicted molar refractivity (Wildman–Crippen MR) is 114 cm³/mol. The van der Waals surface area contributed by atoms with E-state index in [1.54, 1.807) is 33.3 Å². The maximum absolute atomic E-state index is 12.8. The summed E-state index contributed by atoms with van der Waals surface area (Å²) in [6.45, 7) is 4.30. The van der Waals surface area contributed by atoms with Gasteiger partial charge in [0.25, 0.3) is 0 Å². The topological polar surface area (TPSA) is 94.2 Å². The van der Waals surface area contributed by atoms with Gasteiger partial charge >= 0.3 is 17.8 Å². The SMILES string of the molecule is CCOC(=O)c1ccc(NC(=O)C(=O)N2CCc3cc(OC)c(OC)cc3C2C)cc1. The summed E-state index contributed by atoms with van der Waals surface area (Å²) >= 11 is 0. The molecule has 8 nitrogen and oxygen atoms in total. The molecule has 1 heterocycles. The van der Waals surface area contributed by atoms with Gasteiger partial charge in [0.05, 0.1) is 32.4 Å². The Kier molecular flexibility index (Phi) is 6.79. The Labute approximate surface area is 181 Å². The van der Waals surface area contributed by atoms with Gasteiger partial charge in [-0.05, 0) is 67.8 Å². The molecule has 0 radical (unpaired) electrons. The Morgan fingerprint density at radius 1 is 1.06 bits per heavy atom. The first-order chi connectivity index (χ1) is 14.9. The van der Waals surface area contributed by atoms with Gasteiger partial charge in [-0.3, -0.25) is 9.59 Å². The van der Waals surface area contributed by atoms with Gasteiger partial charge in [-0.1, -0.05) is 0 Å². The first kappa shape index (κ1) is 22.1. The molecule has 2 aromatic rings. The molecule has 2 aromatic carbocycles. The average molecular weight is 426 g/mol. The van der Waals surface area contributed by atoms with Gasteiger partial charge in [0, 0.05) is 12.2 Å². The molecule has 31 heavy (non-hydrogen) atoms. The molecule has 8 heteroatoms. The zero-order valence-corrected chi connectivity index (χ0v) is 18.1. The van der Waals surface area contributed by atoms with Gasteiger partial charge in [-0.2, -0.15) is 0 Å². The van der Waals surface area contributed by atoms with E-state index >= 15 is 0 Å². The second-order valence-electron chi connectivity index (χ2n) is 7.08. The molecule has 0 aromatic heterocycles. The number of benzene rings is 2. The zero-order chi connectivity index (χ0) is 22.5. The highest BCUT2D eigenvalue weighted by Gasteiger charge is 2.32. The number of ether oxygens (including phenoxy) is 3. The third-order valence-corrected chi connectivity index (χ3v) is 5.29. The molecule has 2 amide bonds. The van der Waals surface area contributed by atoms with Crippen molar-refractivity contribution in [3.8, 4) is 11.5 Å². The number of fused-ring (bicyclic) bond motifs is 1. The summed E-state index contributed by atoms with van der Waals surface area (Å²) in [5.41, 5.74) is 2.77. The number of rotatable bonds is 5. The number of nitrogens with one attached hydrogen (secondary N) is 1. The molecular formula is C23H26N2O6. The van der Waals surface area contributed by atoms with Crippen molar-refractivity contribution < 1.29 is 28.6 Å². The number of nitrogens with zero attached hydrogens (tertiary/aromatic N) is 1. The highest BCUT2D eigenvalue weighted by atomic mass is 16.5. The van der Waals surface area contributed by atoms with E-state index in [1.807, 2.05) is 19.1 Å². The third kappa shape index (κ3) is 4.63. The molecule has 164 valence electrons. The largest absolute Gasteiger partial charge is 0.493 e. The van der Waals surface area contributed by atoms with Crippen molar-refractivity contribution >= 4 is 23.5 Å². The van der Waals surface area contributed by atoms with Crippen molar-refractivity contribution in [3.05, 3.63) is 53.1 Å². The summed E-state index contributed by atoms with van der Waals surface area (Å²) in [5.74, 6) is -0.586. The highest BCUT2D eigenvalue weighted by Crippen LogP contribution is 2.37. The van der Waals surface area contributed by atoms with Crippen LogP contribution in [0.2, 0.25) is 0 Å². The fraction of sp³-hybridized carbons (Fsp3) is 0.348. The van der Waals surface area contributed by atoms with Gasteiger partial charge in [-0.25, -0.2) is 4.79 Å². The van der Waals surface area contributed by atoms with Crippen LogP contribution in [-0.2, 0) is 20.7 Å². The molecule has 0 spiro atoms. The number of hydrogen-bond donors (Lipinski definition) is 1. The van der Waals surface area contributed by atoms with Crippen LogP contribution in [0.4, 0.5) is 5.69 Å². The fourth-order valence-corrected chi connectivity index (χ4v) is 3.64. The lowest BCUT2D eigenvalue weighted by Crippen LogP contribution is -2.44. The number of amides is 2. The van der Waals surface area contributed by atoms with E-state index in [2.05, 4.69) is 5.32 Å². The molecule has 0 saturated carbocycles. The Balaban J connectivity index is 1.71. The minimum atomic E-state index is -0.736. The van der Waals surface area contributed by atoms with Crippen molar-refractivity contribution in [1.29, 1.82) is 0 Å². The van der Waals surface area contributed by atoms with Gasteiger partial charge < -0.3 is 24.4 Å². The number of anilines is 1. The van der Waals surface area contributed by atoms with E-state index in [0.29, 0.717) is 35.7 Å². The predicted octanol–water partition coefficient (Wildman–Crippen LogP) is 2.96. The van der Waals surface area contributed by atoms with E-state index in [0.717, 1.165) is 11.1 Å². The molecule has 1 aliphatic heterocycles. The number of carbonyl (C=O) groups is 3. The summed E-state index contributed by atoms with van der Waals surface area (Å²) in [6, 6.07) is 9.66. The lowest BCUT2D eigenvalue weighted by molar-refractivity contribution is -0.145. The molecule has 0 aliphatic carbocycles. The fourth-order valence-electron chi connectivity index (χ4n) is 3.64. The van der Waals surface area contributed by atoms with Crippen molar-refractivity contribution in [1.82, 2.24) is 4.90 Å². The van der Waals surface area contributed by atoms with Gasteiger partial charge in [0.2, 0.25) is 0 Å². The van der Waals surface area contributed by atoms with Crippen LogP contribution in [0, 0.1) is 0 Å². The minimum absolute atomic E-state index is 0.279. The summed E-state index contributed by atoms with van der Waals surface area (Å²) in [5, 5.41) is 2.60. The summed E-state index contributed by atoms with van der Waals surface area (Å²) in [7, 11) is 3.14. The number of esters is 1. The minimum Gasteiger partial charge on any atom is -0.493 e. The van der Waals surface area contributed by atoms with E-state index in [1.165, 1.54) is 17.0 Å². The van der Waals surface area contributed by atoms with Crippen molar-refractivity contribution in [3.63, 3.8) is 0 Å². The smallest absolute Gasteiger partial charge is 0.338 e. The van der Waals surface area contributed by atoms with E-state index < -0.39 is 17.8 Å². The van der Waals surface area contributed by atoms with Crippen LogP contribution in [0.3, 0.4) is 0 Å². The second kappa shape index (κ2) is 9.51. The summed E-state index contributed by atoms with van der Waals surface area (Å²) in [6.07, 6.45) is 0.604. The van der Waals surface area contributed by atoms with Crippen LogP contribution in [0.25, 0.3) is 0 Å². The average Bonchev–Trinajstić information content (AvgIpc) is 2.78. The van der Waals surface area contributed by atoms with Crippen LogP contribution in [0.5, 0.6) is 11.5 Å². The molecule has 1 unspecified atom stereocenters. The second-order valence-corrected chi connectivity index (χ2v) is 7.08. The number of hydrogen-bond acceptors (Lipinski definition) is 6. The summed E-state index contributed by atoms with van der Waals surface area (Å²) in [4.78, 5) is 38.7. The quantitative estimate of drug-likeness (QED) is 0.584. The highest BCUT2D eigenvalue weighted by molar-refractivity contribution is 6.39. The van der Waals surface area contributed by atoms with Crippen LogP contribution < -0.4 is 14.8 Å². The van der Waals surface area contributed by atoms with Gasteiger partial charge in [0.15, 0.2) is 11.5 Å². The molecule has 0 saturated heterocycles. The maximum atomic E-state index is 12.8. The molecule has 0 bridgehead atoms. The van der Waals surface area contributed by atoms with E-state index in [9.17, 15) is 14.4 Å². The van der Waals surface area contributed by atoms with Crippen molar-refractivity contribution in [2.75, 3.05) is 32.7 Å². The lowest BCUT2D eigenvalue weighted by Gasteiger charge is -2.35. The number of methoxy groups -OCH3 is 2. The Morgan fingerprint density at radius 2 is 1.71 bits per heavy atom. The van der Waals surface area contributed by atoms with E-state index in [4.69, 9.17) is 14.2 Å². The van der Waals surface area contributed by atoms with Gasteiger partial charge in [-0.15, -0.1) is 0 Å². The Bertz CT molecular complexity index is 986. The Morgan fingerprint density at radius 3 is 2.32 bits per heavy atom. The zero-order valence-electron chi connectivity index (χ0n) is 18.1. The van der Waals surface area contributed by atoms with Crippen LogP contribution >= 0.6 is 0 Å². The van der Waals surface area contributed by atoms with Crippen LogP contribution in [0.1, 0.15) is 41.4 Å². The third-order valence-electron chi connectivity index (χ3n) is 5.29. The van der Waals surface area contributed by atoms with Crippen molar-refractivity contribution in [2.45, 2.75) is 26.3 Å². The van der Waals surface area contributed by atoms with E-state index in [-0.39, 0.29) is 12.6 Å². The standard InChI is InChI=1S/C23H26N2O6/c1-5-31-23(28)15-6-8-17(9-7-15)24-21(26)22(27)25-11-10-16-12-19(29-3)20(30-4)13-18(16)14(25)2/h6-9,12-14H,5,10-11H2,1-4H3,(H,24,26). The molecular weight excluding hydrogens is 400 g/mol. The molecule has 3 rings (SSSR count). The monoisotopic (exact) mass is 426 g/mol. The summed E-state index contributed by atoms with van der Waals surface area (Å²) < 4.78 is 15.7. The first-order valence-electron chi connectivity index (χ1n) is 10.0. The Hall–Kier alpha value is -3.55. The van der Waals surface area contributed by atoms with Gasteiger partial charge in [0.1, 0.15) is 0 Å². The maximum Gasteiger partial charge on any atom is 0.338 e. The van der Waals surface area contributed by atoms with Crippen molar-refractivity contribution in [2.24, 2.45) is 0 Å². The molecule has 1 N–H and O–H groups in total. The first-order valence-corrected chi connectivity index (χ1v) is 10.0. The van der Waals surface area contributed by atoms with Crippen LogP contribution in [0.15, 0.2) is 36.4 Å². The lowest BCUT2D eigenvalue weighted by atomic mass is 9.92. The molecule has 1 aliphatic rings.